The molecule has 0 bridgehead atoms. The van der Waals surface area contributed by atoms with E-state index in [1.165, 1.54) is 0 Å². The molecule has 1 saturated heterocycles. The fraction of sp³-hybridized carbons (Fsp3) is 0.385. The fourth-order valence-corrected chi connectivity index (χ4v) is 1.96. The van der Waals surface area contributed by atoms with Crippen LogP contribution < -0.4 is 10.6 Å². The van der Waals surface area contributed by atoms with E-state index in [4.69, 9.17) is 5.26 Å². The number of rotatable bonds is 3. The Hall–Kier alpha value is -1.86. The first kappa shape index (κ1) is 11.6. The minimum absolute atomic E-state index is 0.103. The van der Waals surface area contributed by atoms with Gasteiger partial charge in [-0.25, -0.2) is 0 Å². The van der Waals surface area contributed by atoms with E-state index >= 15 is 0 Å². The van der Waals surface area contributed by atoms with Crippen molar-refractivity contribution in [3.8, 4) is 6.07 Å². The summed E-state index contributed by atoms with van der Waals surface area (Å²) in [4.78, 5) is 11.8. The Kier molecular flexibility index (Phi) is 3.73. The van der Waals surface area contributed by atoms with Gasteiger partial charge in [-0.05, 0) is 43.6 Å². The third-order valence-corrected chi connectivity index (χ3v) is 2.97. The molecule has 2 N–H and O–H groups in total. The average Bonchev–Trinajstić information content (AvgIpc) is 2.89. The number of hydrogen-bond acceptors (Lipinski definition) is 3. The Labute approximate surface area is 101 Å². The molecule has 0 saturated carbocycles. The molecule has 0 aliphatic carbocycles. The van der Waals surface area contributed by atoms with Gasteiger partial charge in [0.15, 0.2) is 0 Å². The Bertz CT molecular complexity index is 444. The molecule has 1 aromatic carbocycles. The maximum atomic E-state index is 11.8. The Morgan fingerprint density at radius 3 is 3.18 bits per heavy atom. The van der Waals surface area contributed by atoms with Gasteiger partial charge in [0.2, 0.25) is 0 Å². The van der Waals surface area contributed by atoms with Crippen LogP contribution in [0.4, 0.5) is 0 Å². The smallest absolute Gasteiger partial charge is 0.251 e. The van der Waals surface area contributed by atoms with E-state index in [1.54, 1.807) is 24.3 Å². The molecule has 0 radical (unpaired) electrons. The molecule has 1 aliphatic heterocycles. The van der Waals surface area contributed by atoms with Crippen LogP contribution in [-0.2, 0) is 0 Å². The maximum absolute atomic E-state index is 11.8. The number of nitriles is 1. The molecule has 1 aromatic rings. The third kappa shape index (κ3) is 3.05. The predicted molar refractivity (Wildman–Crippen MR) is 64.5 cm³/mol. The zero-order chi connectivity index (χ0) is 12.1. The molecule has 1 fully saturated rings. The molecule has 1 aliphatic rings. The quantitative estimate of drug-likeness (QED) is 0.809. The number of benzene rings is 1. The number of nitrogens with zero attached hydrogens (tertiary/aromatic N) is 1. The van der Waals surface area contributed by atoms with Gasteiger partial charge in [-0.2, -0.15) is 5.26 Å². The van der Waals surface area contributed by atoms with Gasteiger partial charge in [-0.1, -0.05) is 6.07 Å². The highest BCUT2D eigenvalue weighted by atomic mass is 16.1. The lowest BCUT2D eigenvalue weighted by Gasteiger charge is -2.10. The van der Waals surface area contributed by atoms with E-state index in [1.807, 2.05) is 6.07 Å². The van der Waals surface area contributed by atoms with Crippen LogP contribution in [0, 0.1) is 17.2 Å². The van der Waals surface area contributed by atoms with Crippen molar-refractivity contribution in [1.29, 1.82) is 5.26 Å². The van der Waals surface area contributed by atoms with Crippen LogP contribution in [-0.4, -0.2) is 25.5 Å². The van der Waals surface area contributed by atoms with Gasteiger partial charge < -0.3 is 10.6 Å². The Balaban J connectivity index is 1.92. The lowest BCUT2D eigenvalue weighted by Crippen LogP contribution is -2.30. The van der Waals surface area contributed by atoms with Crippen molar-refractivity contribution in [2.45, 2.75) is 6.42 Å². The van der Waals surface area contributed by atoms with Crippen molar-refractivity contribution in [2.75, 3.05) is 19.6 Å². The summed E-state index contributed by atoms with van der Waals surface area (Å²) in [6.45, 7) is 2.70. The highest BCUT2D eigenvalue weighted by molar-refractivity contribution is 5.94. The normalized spacial score (nSPS) is 18.6. The monoisotopic (exact) mass is 229 g/mol. The zero-order valence-electron chi connectivity index (χ0n) is 9.57. The third-order valence-electron chi connectivity index (χ3n) is 2.97. The summed E-state index contributed by atoms with van der Waals surface area (Å²) in [5.74, 6) is 0.423. The molecule has 4 nitrogen and oxygen atoms in total. The molecule has 0 aromatic heterocycles. The van der Waals surface area contributed by atoms with Crippen LogP contribution in [0.3, 0.4) is 0 Å². The summed E-state index contributed by atoms with van der Waals surface area (Å²) in [6, 6.07) is 8.79. The second kappa shape index (κ2) is 5.46. The molecule has 2 rings (SSSR count). The second-order valence-corrected chi connectivity index (χ2v) is 4.26. The molecule has 4 heteroatoms. The van der Waals surface area contributed by atoms with Gasteiger partial charge in [0.25, 0.3) is 5.91 Å². The molecule has 1 amide bonds. The highest BCUT2D eigenvalue weighted by Crippen LogP contribution is 2.07. The summed E-state index contributed by atoms with van der Waals surface area (Å²) in [7, 11) is 0. The van der Waals surface area contributed by atoms with Gasteiger partial charge in [0.05, 0.1) is 11.6 Å². The van der Waals surface area contributed by atoms with Gasteiger partial charge in [-0.3, -0.25) is 4.79 Å². The minimum Gasteiger partial charge on any atom is -0.352 e. The molecular weight excluding hydrogens is 214 g/mol. The number of nitrogens with one attached hydrogen (secondary N) is 2. The largest absolute Gasteiger partial charge is 0.352 e. The lowest BCUT2D eigenvalue weighted by molar-refractivity contribution is 0.0948. The first-order chi connectivity index (χ1) is 8.29. The average molecular weight is 229 g/mol. The molecule has 17 heavy (non-hydrogen) atoms. The molecule has 1 atom stereocenters. The van der Waals surface area contributed by atoms with Crippen LogP contribution in [0.1, 0.15) is 22.3 Å². The van der Waals surface area contributed by atoms with Crippen LogP contribution in [0.15, 0.2) is 24.3 Å². The first-order valence-electron chi connectivity index (χ1n) is 5.78. The van der Waals surface area contributed by atoms with Crippen molar-refractivity contribution in [1.82, 2.24) is 10.6 Å². The van der Waals surface area contributed by atoms with Gasteiger partial charge in [0.1, 0.15) is 0 Å². The minimum atomic E-state index is -0.103. The van der Waals surface area contributed by atoms with Crippen LogP contribution in [0.2, 0.25) is 0 Å². The van der Waals surface area contributed by atoms with Crippen LogP contribution in [0.5, 0.6) is 0 Å². The standard InChI is InChI=1S/C13H15N3O/c14-7-10-2-1-3-12(6-10)13(17)16-9-11-4-5-15-8-11/h1-3,6,11,15H,4-5,8-9H2,(H,16,17). The lowest BCUT2D eigenvalue weighted by atomic mass is 10.1. The van der Waals surface area contributed by atoms with Gasteiger partial charge in [-0.15, -0.1) is 0 Å². The molecule has 1 heterocycles. The van der Waals surface area contributed by atoms with E-state index in [2.05, 4.69) is 10.6 Å². The molecule has 0 spiro atoms. The van der Waals surface area contributed by atoms with E-state index in [0.717, 1.165) is 19.5 Å². The Morgan fingerprint density at radius 1 is 1.59 bits per heavy atom. The first-order valence-corrected chi connectivity index (χ1v) is 5.78. The topological polar surface area (TPSA) is 64.9 Å². The zero-order valence-corrected chi connectivity index (χ0v) is 9.57. The molecule has 88 valence electrons. The van der Waals surface area contributed by atoms with Crippen molar-refractivity contribution >= 4 is 5.91 Å². The highest BCUT2D eigenvalue weighted by Gasteiger charge is 2.15. The summed E-state index contributed by atoms with van der Waals surface area (Å²) < 4.78 is 0. The second-order valence-electron chi connectivity index (χ2n) is 4.26. The van der Waals surface area contributed by atoms with E-state index in [9.17, 15) is 4.79 Å². The van der Waals surface area contributed by atoms with Crippen LogP contribution in [0.25, 0.3) is 0 Å². The summed E-state index contributed by atoms with van der Waals surface area (Å²) >= 11 is 0. The van der Waals surface area contributed by atoms with E-state index in [0.29, 0.717) is 23.6 Å². The SMILES string of the molecule is N#Cc1cccc(C(=O)NCC2CCNC2)c1. The van der Waals surface area contributed by atoms with E-state index < -0.39 is 0 Å². The van der Waals surface area contributed by atoms with Crippen molar-refractivity contribution in [3.05, 3.63) is 35.4 Å². The Morgan fingerprint density at radius 2 is 2.47 bits per heavy atom. The fourth-order valence-electron chi connectivity index (χ4n) is 1.96. The van der Waals surface area contributed by atoms with Crippen LogP contribution >= 0.6 is 0 Å². The summed E-state index contributed by atoms with van der Waals surface area (Å²) in [5.41, 5.74) is 1.06. The summed E-state index contributed by atoms with van der Waals surface area (Å²) in [6.07, 6.45) is 1.11. The molecular formula is C13H15N3O. The maximum Gasteiger partial charge on any atom is 0.251 e. The number of carbonyl (C=O) groups is 1. The van der Waals surface area contributed by atoms with Crippen molar-refractivity contribution in [2.24, 2.45) is 5.92 Å². The summed E-state index contributed by atoms with van der Waals surface area (Å²) in [5, 5.41) is 14.9. The predicted octanol–water partition coefficient (Wildman–Crippen LogP) is 0.898. The number of carbonyl (C=O) groups excluding carboxylic acids is 1. The van der Waals surface area contributed by atoms with E-state index in [-0.39, 0.29) is 5.91 Å². The van der Waals surface area contributed by atoms with Gasteiger partial charge in [0, 0.05) is 12.1 Å². The van der Waals surface area contributed by atoms with Crippen molar-refractivity contribution in [3.63, 3.8) is 0 Å². The number of hydrogen-bond donors (Lipinski definition) is 2. The van der Waals surface area contributed by atoms with Crippen molar-refractivity contribution < 1.29 is 4.79 Å². The molecule has 1 unspecified atom stereocenters. The number of amides is 1. The van der Waals surface area contributed by atoms with Gasteiger partial charge >= 0.3 is 0 Å².